The van der Waals surface area contributed by atoms with Gasteiger partial charge in [0.15, 0.2) is 11.6 Å². The van der Waals surface area contributed by atoms with Crippen LogP contribution in [0, 0.1) is 11.6 Å². The van der Waals surface area contributed by atoms with Crippen molar-refractivity contribution in [3.05, 3.63) is 65.2 Å². The molecule has 1 aliphatic carbocycles. The average Bonchev–Trinajstić information content (AvgIpc) is 3.15. The van der Waals surface area contributed by atoms with Crippen molar-refractivity contribution >= 4 is 12.4 Å². The van der Waals surface area contributed by atoms with Crippen LogP contribution in [0.2, 0.25) is 0 Å². The summed E-state index contributed by atoms with van der Waals surface area (Å²) < 4.78 is 32.8. The molecule has 2 aromatic rings. The van der Waals surface area contributed by atoms with E-state index in [9.17, 15) is 8.78 Å². The Kier molecular flexibility index (Phi) is 4.80. The van der Waals surface area contributed by atoms with Crippen LogP contribution in [0.25, 0.3) is 0 Å². The first-order chi connectivity index (χ1) is 9.65. The Morgan fingerprint density at radius 1 is 1.14 bits per heavy atom. The molecule has 0 heterocycles. The molecule has 1 fully saturated rings. The molecule has 2 nitrogen and oxygen atoms in total. The molecular formula is C16H16ClF2NO. The van der Waals surface area contributed by atoms with E-state index in [0.29, 0.717) is 5.56 Å². The van der Waals surface area contributed by atoms with Crippen LogP contribution in [0.4, 0.5) is 8.78 Å². The molecule has 2 aromatic carbocycles. The minimum atomic E-state index is -0.671. The van der Waals surface area contributed by atoms with Gasteiger partial charge in [0.1, 0.15) is 12.4 Å². The largest absolute Gasteiger partial charge is 0.486 e. The number of hydrogen-bond acceptors (Lipinski definition) is 2. The molecule has 21 heavy (non-hydrogen) atoms. The topological polar surface area (TPSA) is 35.2 Å². The molecule has 0 aromatic heterocycles. The van der Waals surface area contributed by atoms with Gasteiger partial charge in [-0.15, -0.1) is 12.4 Å². The lowest BCUT2D eigenvalue weighted by Crippen LogP contribution is -2.05. The van der Waals surface area contributed by atoms with Gasteiger partial charge in [0.25, 0.3) is 0 Å². The molecule has 5 heteroatoms. The quantitative estimate of drug-likeness (QED) is 0.932. The fourth-order valence-corrected chi connectivity index (χ4v) is 2.31. The normalized spacial score (nSPS) is 19.8. The van der Waals surface area contributed by atoms with Crippen LogP contribution in [0.15, 0.2) is 42.5 Å². The third kappa shape index (κ3) is 3.52. The fraction of sp³-hybridized carbons (Fsp3) is 0.250. The van der Waals surface area contributed by atoms with E-state index in [1.165, 1.54) is 6.07 Å². The minimum absolute atomic E-state index is 0. The summed E-state index contributed by atoms with van der Waals surface area (Å²) in [6.07, 6.45) is 0.741. The van der Waals surface area contributed by atoms with Gasteiger partial charge in [-0.3, -0.25) is 0 Å². The molecule has 1 saturated carbocycles. The first-order valence-corrected chi connectivity index (χ1v) is 6.56. The summed E-state index contributed by atoms with van der Waals surface area (Å²) in [6, 6.07) is 11.6. The van der Waals surface area contributed by atoms with Gasteiger partial charge in [0.05, 0.1) is 0 Å². The molecule has 0 radical (unpaired) electrons. The molecule has 0 spiro atoms. The van der Waals surface area contributed by atoms with E-state index in [1.54, 1.807) is 0 Å². The summed E-state index contributed by atoms with van der Waals surface area (Å²) in [5.41, 5.74) is 7.24. The number of ether oxygens (including phenoxy) is 1. The van der Waals surface area contributed by atoms with E-state index < -0.39 is 11.6 Å². The van der Waals surface area contributed by atoms with Gasteiger partial charge in [0, 0.05) is 23.6 Å². The van der Waals surface area contributed by atoms with Crippen molar-refractivity contribution in [3.63, 3.8) is 0 Å². The third-order valence-electron chi connectivity index (χ3n) is 3.50. The molecule has 3 rings (SSSR count). The van der Waals surface area contributed by atoms with Crippen molar-refractivity contribution in [3.8, 4) is 5.75 Å². The predicted molar refractivity (Wildman–Crippen MR) is 79.7 cm³/mol. The summed E-state index contributed by atoms with van der Waals surface area (Å²) >= 11 is 0. The molecule has 0 saturated heterocycles. The van der Waals surface area contributed by atoms with Gasteiger partial charge >= 0.3 is 0 Å². The van der Waals surface area contributed by atoms with Gasteiger partial charge in [0.2, 0.25) is 0 Å². The van der Waals surface area contributed by atoms with E-state index in [-0.39, 0.29) is 36.7 Å². The van der Waals surface area contributed by atoms with Gasteiger partial charge < -0.3 is 10.5 Å². The van der Waals surface area contributed by atoms with Crippen molar-refractivity contribution in [1.82, 2.24) is 0 Å². The van der Waals surface area contributed by atoms with Crippen LogP contribution in [-0.2, 0) is 6.61 Å². The zero-order valence-corrected chi connectivity index (χ0v) is 12.1. The smallest absolute Gasteiger partial charge is 0.168 e. The average molecular weight is 312 g/mol. The zero-order chi connectivity index (χ0) is 14.1. The maximum atomic E-state index is 13.9. The molecule has 0 amide bonds. The molecule has 0 unspecified atom stereocenters. The number of hydrogen-bond donors (Lipinski definition) is 1. The van der Waals surface area contributed by atoms with Crippen molar-refractivity contribution in [2.45, 2.75) is 25.0 Å². The van der Waals surface area contributed by atoms with Crippen LogP contribution < -0.4 is 10.5 Å². The van der Waals surface area contributed by atoms with E-state index in [4.69, 9.17) is 10.5 Å². The van der Waals surface area contributed by atoms with Crippen LogP contribution in [-0.4, -0.2) is 6.04 Å². The van der Waals surface area contributed by atoms with Crippen molar-refractivity contribution < 1.29 is 13.5 Å². The highest BCUT2D eigenvalue weighted by atomic mass is 35.5. The second-order valence-electron chi connectivity index (χ2n) is 5.09. The van der Waals surface area contributed by atoms with Gasteiger partial charge in [-0.1, -0.05) is 30.3 Å². The van der Waals surface area contributed by atoms with E-state index >= 15 is 0 Å². The van der Waals surface area contributed by atoms with Gasteiger partial charge in [-0.2, -0.15) is 0 Å². The second kappa shape index (κ2) is 6.41. The summed E-state index contributed by atoms with van der Waals surface area (Å²) in [5.74, 6) is -1.15. The Labute approximate surface area is 128 Å². The lowest BCUT2D eigenvalue weighted by atomic mass is 10.1. The summed E-state index contributed by atoms with van der Waals surface area (Å²) in [7, 11) is 0. The van der Waals surface area contributed by atoms with E-state index in [2.05, 4.69) is 0 Å². The van der Waals surface area contributed by atoms with Crippen LogP contribution in [0.5, 0.6) is 5.75 Å². The van der Waals surface area contributed by atoms with E-state index in [0.717, 1.165) is 18.1 Å². The van der Waals surface area contributed by atoms with Gasteiger partial charge in [-0.05, 0) is 18.1 Å². The molecule has 2 atom stereocenters. The molecule has 112 valence electrons. The number of nitrogens with two attached hydrogens (primary N) is 1. The number of halogens is 3. The molecule has 0 bridgehead atoms. The minimum Gasteiger partial charge on any atom is -0.486 e. The highest BCUT2D eigenvalue weighted by molar-refractivity contribution is 5.85. The highest BCUT2D eigenvalue weighted by Gasteiger charge is 2.38. The second-order valence-corrected chi connectivity index (χ2v) is 5.09. The number of benzene rings is 2. The summed E-state index contributed by atoms with van der Waals surface area (Å²) in [5, 5.41) is 0. The third-order valence-corrected chi connectivity index (χ3v) is 3.50. The SMILES string of the molecule is Cl.N[C@H]1C[C@@H]1c1cc(F)cc(F)c1OCc1ccccc1. The summed E-state index contributed by atoms with van der Waals surface area (Å²) in [4.78, 5) is 0. The Morgan fingerprint density at radius 3 is 2.43 bits per heavy atom. The molecule has 2 N–H and O–H groups in total. The van der Waals surface area contributed by atoms with E-state index in [1.807, 2.05) is 30.3 Å². The molecule has 1 aliphatic rings. The van der Waals surface area contributed by atoms with Crippen molar-refractivity contribution in [2.24, 2.45) is 5.73 Å². The van der Waals surface area contributed by atoms with Crippen LogP contribution >= 0.6 is 12.4 Å². The van der Waals surface area contributed by atoms with Crippen molar-refractivity contribution in [2.75, 3.05) is 0 Å². The maximum absolute atomic E-state index is 13.9. The zero-order valence-electron chi connectivity index (χ0n) is 11.3. The Hall–Kier alpha value is -1.65. The fourth-order valence-electron chi connectivity index (χ4n) is 2.31. The predicted octanol–water partition coefficient (Wildman–Crippen LogP) is 3.78. The summed E-state index contributed by atoms with van der Waals surface area (Å²) in [6.45, 7) is 0.248. The molecular weight excluding hydrogens is 296 g/mol. The first kappa shape index (κ1) is 15.7. The Morgan fingerprint density at radius 2 is 1.81 bits per heavy atom. The Bertz CT molecular complexity index is 621. The molecule has 0 aliphatic heterocycles. The van der Waals surface area contributed by atoms with Crippen molar-refractivity contribution in [1.29, 1.82) is 0 Å². The lowest BCUT2D eigenvalue weighted by Gasteiger charge is -2.12. The van der Waals surface area contributed by atoms with Crippen LogP contribution in [0.1, 0.15) is 23.5 Å². The number of rotatable bonds is 4. The first-order valence-electron chi connectivity index (χ1n) is 6.56. The highest BCUT2D eigenvalue weighted by Crippen LogP contribution is 2.44. The standard InChI is InChI=1S/C16H15F2NO.ClH/c17-11-6-13(12-8-15(12)19)16(14(18)7-11)20-9-10-4-2-1-3-5-10;/h1-7,12,15H,8-9,19H2;1H/t12-,15+;/m1./s1. The Balaban J connectivity index is 0.00000161. The monoisotopic (exact) mass is 311 g/mol. The van der Waals surface area contributed by atoms with Gasteiger partial charge in [-0.25, -0.2) is 8.78 Å². The maximum Gasteiger partial charge on any atom is 0.168 e. The van der Waals surface area contributed by atoms with Crippen LogP contribution in [0.3, 0.4) is 0 Å². The lowest BCUT2D eigenvalue weighted by molar-refractivity contribution is 0.285.